The molecule has 2 N–H and O–H groups in total. The van der Waals surface area contributed by atoms with E-state index in [0.29, 0.717) is 17.8 Å². The maximum absolute atomic E-state index is 13.2. The van der Waals surface area contributed by atoms with Gasteiger partial charge in [0.15, 0.2) is 0 Å². The Balaban J connectivity index is 2.23. The van der Waals surface area contributed by atoms with Crippen molar-refractivity contribution in [2.45, 2.75) is 6.42 Å². The average molecular weight is 208 g/mol. The second-order valence-electron chi connectivity index (χ2n) is 2.93. The van der Waals surface area contributed by atoms with Crippen molar-refractivity contribution in [3.63, 3.8) is 0 Å². The van der Waals surface area contributed by atoms with Gasteiger partial charge in [0.2, 0.25) is 0 Å². The molecule has 0 amide bonds. The third kappa shape index (κ3) is 1.90. The van der Waals surface area contributed by atoms with Crippen LogP contribution in [-0.2, 0) is 6.42 Å². The summed E-state index contributed by atoms with van der Waals surface area (Å²) >= 11 is 1.45. The van der Waals surface area contributed by atoms with Gasteiger partial charge in [-0.1, -0.05) is 18.2 Å². The molecule has 2 aromatic rings. The SMILES string of the molecule is Nc1csc(Cc2ccccc2F)n1. The van der Waals surface area contributed by atoms with Gasteiger partial charge in [-0.05, 0) is 11.6 Å². The largest absolute Gasteiger partial charge is 0.383 e. The number of hydrogen-bond acceptors (Lipinski definition) is 3. The van der Waals surface area contributed by atoms with Crippen molar-refractivity contribution in [1.82, 2.24) is 4.98 Å². The molecule has 4 heteroatoms. The Labute approximate surface area is 85.2 Å². The normalized spacial score (nSPS) is 10.4. The quantitative estimate of drug-likeness (QED) is 0.823. The second-order valence-corrected chi connectivity index (χ2v) is 3.88. The van der Waals surface area contributed by atoms with Crippen LogP contribution in [0, 0.1) is 5.82 Å². The molecular formula is C10H9FN2S. The van der Waals surface area contributed by atoms with Gasteiger partial charge in [0.1, 0.15) is 11.6 Å². The number of thiazole rings is 1. The summed E-state index contributed by atoms with van der Waals surface area (Å²) in [5.74, 6) is 0.308. The van der Waals surface area contributed by atoms with E-state index >= 15 is 0 Å². The molecule has 14 heavy (non-hydrogen) atoms. The van der Waals surface area contributed by atoms with E-state index < -0.39 is 0 Å². The highest BCUT2D eigenvalue weighted by Gasteiger charge is 2.04. The topological polar surface area (TPSA) is 38.9 Å². The summed E-state index contributed by atoms with van der Waals surface area (Å²) in [4.78, 5) is 4.08. The number of rotatable bonds is 2. The average Bonchev–Trinajstić information content (AvgIpc) is 2.56. The number of nitrogen functional groups attached to an aromatic ring is 1. The smallest absolute Gasteiger partial charge is 0.134 e. The number of aromatic nitrogens is 1. The number of anilines is 1. The van der Waals surface area contributed by atoms with Crippen LogP contribution >= 0.6 is 11.3 Å². The lowest BCUT2D eigenvalue weighted by molar-refractivity contribution is 0.614. The Morgan fingerprint density at radius 2 is 2.14 bits per heavy atom. The number of benzene rings is 1. The summed E-state index contributed by atoms with van der Waals surface area (Å²) in [6, 6.07) is 6.70. The molecule has 0 unspecified atom stereocenters. The molecule has 0 saturated carbocycles. The van der Waals surface area contributed by atoms with Gasteiger partial charge in [0.25, 0.3) is 0 Å². The van der Waals surface area contributed by atoms with E-state index in [4.69, 9.17) is 5.73 Å². The highest BCUT2D eigenvalue weighted by atomic mass is 32.1. The summed E-state index contributed by atoms with van der Waals surface area (Å²) in [5.41, 5.74) is 6.13. The van der Waals surface area contributed by atoms with Gasteiger partial charge in [-0.3, -0.25) is 0 Å². The van der Waals surface area contributed by atoms with Gasteiger partial charge in [-0.2, -0.15) is 0 Å². The maximum atomic E-state index is 13.2. The highest BCUT2D eigenvalue weighted by molar-refractivity contribution is 7.10. The van der Waals surface area contributed by atoms with E-state index in [1.54, 1.807) is 17.5 Å². The number of hydrogen-bond donors (Lipinski definition) is 1. The number of nitrogens with two attached hydrogens (primary N) is 1. The summed E-state index contributed by atoms with van der Waals surface area (Å²) in [7, 11) is 0. The van der Waals surface area contributed by atoms with Crippen molar-refractivity contribution in [2.24, 2.45) is 0 Å². The Morgan fingerprint density at radius 3 is 2.79 bits per heavy atom. The van der Waals surface area contributed by atoms with E-state index in [2.05, 4.69) is 4.98 Å². The Hall–Kier alpha value is -1.42. The predicted molar refractivity (Wildman–Crippen MR) is 55.7 cm³/mol. The van der Waals surface area contributed by atoms with Crippen molar-refractivity contribution in [3.05, 3.63) is 46.0 Å². The van der Waals surface area contributed by atoms with Crippen LogP contribution in [0.2, 0.25) is 0 Å². The molecule has 2 rings (SSSR count). The van der Waals surface area contributed by atoms with Crippen molar-refractivity contribution >= 4 is 17.2 Å². The van der Waals surface area contributed by atoms with Crippen molar-refractivity contribution in [2.75, 3.05) is 5.73 Å². The fraction of sp³-hybridized carbons (Fsp3) is 0.100. The van der Waals surface area contributed by atoms with Crippen LogP contribution in [0.25, 0.3) is 0 Å². The molecule has 0 radical (unpaired) electrons. The molecule has 0 aliphatic heterocycles. The van der Waals surface area contributed by atoms with E-state index in [1.807, 2.05) is 6.07 Å². The van der Waals surface area contributed by atoms with E-state index in [1.165, 1.54) is 17.4 Å². The fourth-order valence-corrected chi connectivity index (χ4v) is 1.92. The predicted octanol–water partition coefficient (Wildman–Crippen LogP) is 2.46. The minimum atomic E-state index is -0.193. The van der Waals surface area contributed by atoms with Gasteiger partial charge >= 0.3 is 0 Å². The van der Waals surface area contributed by atoms with Crippen LogP contribution in [0.5, 0.6) is 0 Å². The second kappa shape index (κ2) is 3.75. The van der Waals surface area contributed by atoms with Gasteiger partial charge in [-0.25, -0.2) is 9.37 Å². The molecule has 0 fully saturated rings. The van der Waals surface area contributed by atoms with Crippen molar-refractivity contribution in [3.8, 4) is 0 Å². The summed E-state index contributed by atoms with van der Waals surface area (Å²) < 4.78 is 13.2. The fourth-order valence-electron chi connectivity index (χ4n) is 1.21. The molecule has 1 heterocycles. The zero-order valence-electron chi connectivity index (χ0n) is 7.40. The lowest BCUT2D eigenvalue weighted by Crippen LogP contribution is -1.92. The van der Waals surface area contributed by atoms with E-state index in [0.717, 1.165) is 5.01 Å². The first-order valence-electron chi connectivity index (χ1n) is 4.19. The van der Waals surface area contributed by atoms with Crippen LogP contribution in [0.1, 0.15) is 10.6 Å². The van der Waals surface area contributed by atoms with Crippen LogP contribution in [-0.4, -0.2) is 4.98 Å². The molecule has 0 aliphatic carbocycles. The van der Waals surface area contributed by atoms with Gasteiger partial charge in [-0.15, -0.1) is 11.3 Å². The lowest BCUT2D eigenvalue weighted by atomic mass is 10.1. The number of halogens is 1. The minimum Gasteiger partial charge on any atom is -0.383 e. The third-order valence-electron chi connectivity index (χ3n) is 1.87. The Kier molecular flexibility index (Phi) is 2.45. The third-order valence-corrected chi connectivity index (χ3v) is 2.74. The molecule has 0 spiro atoms. The molecule has 0 atom stereocenters. The molecule has 0 aliphatic rings. The summed E-state index contributed by atoms with van der Waals surface area (Å²) in [6.07, 6.45) is 0.508. The highest BCUT2D eigenvalue weighted by Crippen LogP contribution is 2.17. The molecule has 0 bridgehead atoms. The Bertz CT molecular complexity index is 439. The molecular weight excluding hydrogens is 199 g/mol. The van der Waals surface area contributed by atoms with Gasteiger partial charge in [0, 0.05) is 11.8 Å². The first-order chi connectivity index (χ1) is 6.75. The van der Waals surface area contributed by atoms with Gasteiger partial charge in [0.05, 0.1) is 5.01 Å². The summed E-state index contributed by atoms with van der Waals surface area (Å²) in [5, 5.41) is 2.60. The summed E-state index contributed by atoms with van der Waals surface area (Å²) in [6.45, 7) is 0. The monoisotopic (exact) mass is 208 g/mol. The van der Waals surface area contributed by atoms with Gasteiger partial charge < -0.3 is 5.73 Å². The van der Waals surface area contributed by atoms with Crippen LogP contribution in [0.4, 0.5) is 10.2 Å². The number of nitrogens with zero attached hydrogens (tertiary/aromatic N) is 1. The first-order valence-corrected chi connectivity index (χ1v) is 5.07. The zero-order valence-corrected chi connectivity index (χ0v) is 8.22. The zero-order chi connectivity index (χ0) is 9.97. The first kappa shape index (κ1) is 9.15. The maximum Gasteiger partial charge on any atom is 0.134 e. The molecule has 2 nitrogen and oxygen atoms in total. The van der Waals surface area contributed by atoms with Crippen LogP contribution in [0.15, 0.2) is 29.6 Å². The lowest BCUT2D eigenvalue weighted by Gasteiger charge is -1.98. The molecule has 0 saturated heterocycles. The van der Waals surface area contributed by atoms with E-state index in [-0.39, 0.29) is 5.82 Å². The van der Waals surface area contributed by atoms with Crippen molar-refractivity contribution < 1.29 is 4.39 Å². The van der Waals surface area contributed by atoms with E-state index in [9.17, 15) is 4.39 Å². The molecule has 1 aromatic heterocycles. The van der Waals surface area contributed by atoms with Crippen LogP contribution in [0.3, 0.4) is 0 Å². The molecule has 72 valence electrons. The van der Waals surface area contributed by atoms with Crippen LogP contribution < -0.4 is 5.73 Å². The molecule has 1 aromatic carbocycles. The standard InChI is InChI=1S/C10H9FN2S/c11-8-4-2-1-3-7(8)5-10-13-9(12)6-14-10/h1-4,6H,5,12H2. The van der Waals surface area contributed by atoms with Crippen molar-refractivity contribution in [1.29, 1.82) is 0 Å². The minimum absolute atomic E-state index is 0.193. The Morgan fingerprint density at radius 1 is 1.36 bits per heavy atom.